The number of urea groups is 1. The number of hydrogen-bond acceptors (Lipinski definition) is 11. The molecule has 2 rings (SSSR count). The molecule has 19 heteroatoms. The number of imide groups is 1. The summed E-state index contributed by atoms with van der Waals surface area (Å²) in [6, 6.07) is -0.806. The number of phosphoric acid groups is 2. The molecule has 0 radical (unpaired) electrons. The fraction of sp³-hybridized carbons (Fsp3) is 0.800. The van der Waals surface area contributed by atoms with Crippen LogP contribution in [0.4, 0.5) is 4.79 Å². The van der Waals surface area contributed by atoms with Crippen molar-refractivity contribution in [1.82, 2.24) is 10.2 Å². The Morgan fingerprint density at radius 3 is 2.14 bits per heavy atom. The number of carbonyl (C=O) groups excluding carboxylic acids is 2. The second-order valence-electron chi connectivity index (χ2n) is 5.55. The molecule has 1 unspecified atom stereocenters. The van der Waals surface area contributed by atoms with Crippen LogP contribution >= 0.6 is 15.6 Å². The topological polar surface area (TPSA) is 203 Å². The SMILES string of the molecule is CC1CN([C@H]2C[C@H](OP(=O)([O-])[O-])[C@@H](COP(=O)([O-])[O-])O2)C(=O)NC1=O.[Na+].[Na+].[Na+].[Na+]. The van der Waals surface area contributed by atoms with Gasteiger partial charge in [-0.25, -0.2) is 4.79 Å². The number of ether oxygens (including phenoxy) is 1. The Hall–Kier alpha value is 3.12. The minimum atomic E-state index is -5.45. The smallest absolute Gasteiger partial charge is 0.790 e. The fourth-order valence-electron chi connectivity index (χ4n) is 2.49. The van der Waals surface area contributed by atoms with E-state index in [1.54, 1.807) is 0 Å². The first-order valence-electron chi connectivity index (χ1n) is 7.00. The quantitative estimate of drug-likeness (QED) is 0.272. The van der Waals surface area contributed by atoms with Crippen LogP contribution in [-0.4, -0.2) is 48.4 Å². The van der Waals surface area contributed by atoms with Crippen LogP contribution < -0.4 is 143 Å². The molecule has 0 aromatic rings. The molecule has 29 heavy (non-hydrogen) atoms. The maximum atomic E-state index is 11.9. The Balaban J connectivity index is -0.00000169. The summed E-state index contributed by atoms with van der Waals surface area (Å²) in [5.41, 5.74) is 0. The van der Waals surface area contributed by atoms with Crippen molar-refractivity contribution in [2.24, 2.45) is 5.92 Å². The van der Waals surface area contributed by atoms with Crippen LogP contribution in [0.3, 0.4) is 0 Å². The Kier molecular flexibility index (Phi) is 19.2. The first kappa shape index (κ1) is 36.7. The van der Waals surface area contributed by atoms with Gasteiger partial charge in [0, 0.05) is 13.0 Å². The van der Waals surface area contributed by atoms with Crippen molar-refractivity contribution in [2.45, 2.75) is 31.8 Å². The number of hydrogen-bond donors (Lipinski definition) is 1. The molecular weight excluding hydrogens is 478 g/mol. The molecular formula is C10H14N2Na4O11P2. The number of rotatable bonds is 6. The van der Waals surface area contributed by atoms with Gasteiger partial charge >= 0.3 is 124 Å². The summed E-state index contributed by atoms with van der Waals surface area (Å²) in [4.78, 5) is 67.1. The van der Waals surface area contributed by atoms with Gasteiger partial charge in [-0.05, 0) is 0 Å². The first-order chi connectivity index (χ1) is 11.4. The number of nitrogens with zero attached hydrogens (tertiary/aromatic N) is 1. The van der Waals surface area contributed by atoms with E-state index in [2.05, 4.69) is 14.4 Å². The largest absolute Gasteiger partial charge is 1.00 e. The summed E-state index contributed by atoms with van der Waals surface area (Å²) in [6.07, 6.45) is -4.28. The Bertz CT molecular complexity index is 647. The van der Waals surface area contributed by atoms with Crippen molar-refractivity contribution in [3.05, 3.63) is 0 Å². The summed E-state index contributed by atoms with van der Waals surface area (Å²) in [5, 5.41) is 2.06. The van der Waals surface area contributed by atoms with Gasteiger partial charge < -0.3 is 42.5 Å². The van der Waals surface area contributed by atoms with Crippen LogP contribution in [0, 0.1) is 5.92 Å². The third-order valence-electron chi connectivity index (χ3n) is 3.60. The zero-order chi connectivity index (χ0) is 19.0. The molecule has 2 aliphatic rings. The van der Waals surface area contributed by atoms with Gasteiger partial charge in [-0.3, -0.25) is 15.0 Å². The van der Waals surface area contributed by atoms with E-state index in [4.69, 9.17) is 4.74 Å². The molecule has 4 atom stereocenters. The van der Waals surface area contributed by atoms with Crippen molar-refractivity contribution >= 4 is 27.6 Å². The molecule has 0 aromatic heterocycles. The second kappa shape index (κ2) is 15.2. The van der Waals surface area contributed by atoms with Crippen molar-refractivity contribution in [1.29, 1.82) is 0 Å². The predicted octanol–water partition coefficient (Wildman–Crippen LogP) is -15.6. The van der Waals surface area contributed by atoms with E-state index in [9.17, 15) is 38.3 Å². The normalized spacial score (nSPS) is 27.0. The van der Waals surface area contributed by atoms with E-state index in [0.29, 0.717) is 0 Å². The van der Waals surface area contributed by atoms with E-state index < -0.39 is 58.5 Å². The molecule has 2 heterocycles. The van der Waals surface area contributed by atoms with Crippen molar-refractivity contribution in [2.75, 3.05) is 13.2 Å². The van der Waals surface area contributed by atoms with Crippen LogP contribution in [0.5, 0.6) is 0 Å². The minimum absolute atomic E-state index is 0. The molecule has 1 N–H and O–H groups in total. The van der Waals surface area contributed by atoms with Gasteiger partial charge in [0.15, 0.2) is 0 Å². The van der Waals surface area contributed by atoms with Gasteiger partial charge in [-0.15, -0.1) is 0 Å². The fourth-order valence-corrected chi connectivity index (χ4v) is 3.38. The summed E-state index contributed by atoms with van der Waals surface area (Å²) < 4.78 is 35.0. The number of carbonyl (C=O) groups is 2. The molecule has 2 aliphatic heterocycles. The molecule has 3 amide bonds. The monoisotopic (exact) mass is 492 g/mol. The van der Waals surface area contributed by atoms with Crippen molar-refractivity contribution < 1.29 is 170 Å². The van der Waals surface area contributed by atoms with Gasteiger partial charge in [0.1, 0.15) is 12.3 Å². The zero-order valence-electron chi connectivity index (χ0n) is 16.8. The molecule has 2 saturated heterocycles. The Morgan fingerprint density at radius 2 is 1.66 bits per heavy atom. The Morgan fingerprint density at radius 1 is 1.10 bits per heavy atom. The predicted molar refractivity (Wildman–Crippen MR) is 68.7 cm³/mol. The maximum Gasteiger partial charge on any atom is 1.00 e. The molecule has 2 fully saturated rings. The molecule has 13 nitrogen and oxygen atoms in total. The van der Waals surface area contributed by atoms with Gasteiger partial charge in [0.2, 0.25) is 5.91 Å². The number of amides is 3. The molecule has 0 aliphatic carbocycles. The molecule has 144 valence electrons. The average Bonchev–Trinajstić information content (AvgIpc) is 2.80. The van der Waals surface area contributed by atoms with Crippen LogP contribution in [-0.2, 0) is 27.7 Å². The van der Waals surface area contributed by atoms with Gasteiger partial charge in [-0.2, -0.15) is 0 Å². The zero-order valence-corrected chi connectivity index (χ0v) is 26.6. The minimum Gasteiger partial charge on any atom is -0.790 e. The number of phosphoric ester groups is 2. The molecule has 0 aromatic carbocycles. The van der Waals surface area contributed by atoms with E-state index in [0.717, 1.165) is 4.90 Å². The third-order valence-corrected chi connectivity index (χ3v) is 4.59. The van der Waals surface area contributed by atoms with Gasteiger partial charge in [0.05, 0.1) is 34.3 Å². The van der Waals surface area contributed by atoms with Gasteiger partial charge in [0.25, 0.3) is 0 Å². The van der Waals surface area contributed by atoms with Crippen LogP contribution in [0.15, 0.2) is 0 Å². The van der Waals surface area contributed by atoms with Crippen LogP contribution in [0.2, 0.25) is 0 Å². The summed E-state index contributed by atoms with van der Waals surface area (Å²) in [5.74, 6) is -1.08. The third kappa shape index (κ3) is 12.4. The summed E-state index contributed by atoms with van der Waals surface area (Å²) in [6.45, 7) is 0.589. The second-order valence-corrected chi connectivity index (χ2v) is 7.80. The average molecular weight is 492 g/mol. The molecule has 0 spiro atoms. The maximum absolute atomic E-state index is 11.9. The van der Waals surface area contributed by atoms with Crippen molar-refractivity contribution in [3.8, 4) is 0 Å². The van der Waals surface area contributed by atoms with E-state index in [1.165, 1.54) is 6.92 Å². The first-order valence-corrected chi connectivity index (χ1v) is 9.92. The standard InChI is InChI=1S/C10H18N2O11P2.4Na/c1-5-3-12(10(14)11-9(5)13)8-2-6(23-25(18,19)20)7(22-8)4-21-24(15,16)17;;;;/h5-8H,2-4H2,1H3,(H,11,13,14)(H2,15,16,17)(H2,18,19,20);;;;/q;4*+1/p-4/t5?,6-,7+,8+;;;;/m0..../s1. The summed E-state index contributed by atoms with van der Waals surface area (Å²) in [7, 11) is -10.8. The number of nitrogens with one attached hydrogen (secondary N) is 1. The Labute approximate surface area is 255 Å². The van der Waals surface area contributed by atoms with E-state index in [1.807, 2.05) is 0 Å². The van der Waals surface area contributed by atoms with E-state index in [-0.39, 0.29) is 131 Å². The van der Waals surface area contributed by atoms with E-state index >= 15 is 0 Å². The van der Waals surface area contributed by atoms with Crippen molar-refractivity contribution in [3.63, 3.8) is 0 Å². The molecule has 0 bridgehead atoms. The van der Waals surface area contributed by atoms with Crippen LogP contribution in [0.1, 0.15) is 13.3 Å². The summed E-state index contributed by atoms with van der Waals surface area (Å²) >= 11 is 0. The molecule has 0 saturated carbocycles. The van der Waals surface area contributed by atoms with Gasteiger partial charge in [-0.1, -0.05) is 6.92 Å². The van der Waals surface area contributed by atoms with Crippen LogP contribution in [0.25, 0.3) is 0 Å².